The zero-order chi connectivity index (χ0) is 19.3. The van der Waals surface area contributed by atoms with Crippen molar-refractivity contribution in [2.45, 2.75) is 46.5 Å². The summed E-state index contributed by atoms with van der Waals surface area (Å²) < 4.78 is 0. The fourth-order valence-electron chi connectivity index (χ4n) is 3.24. The number of hydrogen-bond acceptors (Lipinski definition) is 4. The summed E-state index contributed by atoms with van der Waals surface area (Å²) in [6.07, 6.45) is 4.04. The van der Waals surface area contributed by atoms with Crippen LogP contribution in [0.25, 0.3) is 5.57 Å². The number of unbranched alkanes of at least 4 members (excludes halogenated alkanes) is 3. The normalized spacial score (nSPS) is 14.6. The van der Waals surface area contributed by atoms with Crippen molar-refractivity contribution in [1.29, 1.82) is 0 Å². The molecule has 1 N–H and O–H groups in total. The number of carbonyl (C=O) groups excluding carboxylic acids is 2. The van der Waals surface area contributed by atoms with Gasteiger partial charge in [0.25, 0.3) is 11.8 Å². The van der Waals surface area contributed by atoms with Gasteiger partial charge in [0, 0.05) is 20.1 Å². The molecular weight excluding hydrogens is 328 g/mol. The highest BCUT2D eigenvalue weighted by Gasteiger charge is 2.40. The molecule has 1 aromatic rings. The highest BCUT2D eigenvalue weighted by atomic mass is 16.3. The number of carbonyl (C=O) groups is 2. The first kappa shape index (κ1) is 20.2. The van der Waals surface area contributed by atoms with Crippen molar-refractivity contribution < 1.29 is 14.7 Å². The summed E-state index contributed by atoms with van der Waals surface area (Å²) in [5.41, 5.74) is 3.84. The molecule has 2 rings (SSSR count). The molecule has 0 fully saturated rings. The Balaban J connectivity index is 2.38. The minimum atomic E-state index is -0.254. The number of aryl methyl sites for hydroxylation is 2. The maximum atomic E-state index is 13.1. The van der Waals surface area contributed by atoms with Gasteiger partial charge in [-0.15, -0.1) is 0 Å². The van der Waals surface area contributed by atoms with Crippen LogP contribution < -0.4 is 0 Å². The van der Waals surface area contributed by atoms with Crippen molar-refractivity contribution in [2.24, 2.45) is 0 Å². The molecule has 0 aliphatic carbocycles. The Hall–Kier alpha value is -2.14. The quantitative estimate of drug-likeness (QED) is 0.545. The third-order valence-electron chi connectivity index (χ3n) is 4.99. The number of aliphatic hydroxyl groups is 1. The second kappa shape index (κ2) is 8.99. The van der Waals surface area contributed by atoms with Crippen LogP contribution in [0.3, 0.4) is 0 Å². The molecule has 5 nitrogen and oxygen atoms in total. The summed E-state index contributed by atoms with van der Waals surface area (Å²) in [5.74, 6) is -0.481. The number of likely N-dealkylation sites (N-methyl/N-ethyl adjacent to an activating group) is 1. The summed E-state index contributed by atoms with van der Waals surface area (Å²) in [4.78, 5) is 29.1. The lowest BCUT2D eigenvalue weighted by Crippen LogP contribution is -2.35. The summed E-state index contributed by atoms with van der Waals surface area (Å²) in [7, 11) is 1.75. The van der Waals surface area contributed by atoms with Gasteiger partial charge in [0.2, 0.25) is 0 Å². The van der Waals surface area contributed by atoms with E-state index in [1.807, 2.05) is 32.0 Å². The zero-order valence-electron chi connectivity index (χ0n) is 16.3. The molecule has 142 valence electrons. The van der Waals surface area contributed by atoms with E-state index in [0.29, 0.717) is 24.4 Å². The lowest BCUT2D eigenvalue weighted by Gasteiger charge is -2.20. The molecule has 0 saturated heterocycles. The third kappa shape index (κ3) is 4.15. The molecule has 0 atom stereocenters. The molecule has 0 saturated carbocycles. The molecule has 0 spiro atoms. The molecule has 1 aliphatic heterocycles. The first-order valence-corrected chi connectivity index (χ1v) is 9.42. The Morgan fingerprint density at radius 1 is 1.04 bits per heavy atom. The van der Waals surface area contributed by atoms with Crippen LogP contribution in [0.5, 0.6) is 0 Å². The lowest BCUT2D eigenvalue weighted by molar-refractivity contribution is -0.137. The lowest BCUT2D eigenvalue weighted by atomic mass is 9.99. The monoisotopic (exact) mass is 358 g/mol. The van der Waals surface area contributed by atoms with Gasteiger partial charge in [-0.2, -0.15) is 0 Å². The molecule has 5 heteroatoms. The Kier molecular flexibility index (Phi) is 6.98. The Bertz CT molecular complexity index is 709. The van der Waals surface area contributed by atoms with Crippen LogP contribution in [0.15, 0.2) is 23.9 Å². The summed E-state index contributed by atoms with van der Waals surface area (Å²) in [6.45, 7) is 6.84. The maximum absolute atomic E-state index is 13.1. The van der Waals surface area contributed by atoms with Gasteiger partial charge in [-0.05, 0) is 37.0 Å². The molecule has 0 unspecified atom stereocenters. The van der Waals surface area contributed by atoms with E-state index in [0.717, 1.165) is 42.4 Å². The maximum Gasteiger partial charge on any atom is 0.277 e. The van der Waals surface area contributed by atoms with Crippen LogP contribution >= 0.6 is 0 Å². The van der Waals surface area contributed by atoms with Gasteiger partial charge in [-0.3, -0.25) is 14.5 Å². The van der Waals surface area contributed by atoms with Crippen molar-refractivity contribution in [3.8, 4) is 0 Å². The van der Waals surface area contributed by atoms with E-state index in [4.69, 9.17) is 0 Å². The number of rotatable bonds is 9. The van der Waals surface area contributed by atoms with Crippen molar-refractivity contribution >= 4 is 17.4 Å². The van der Waals surface area contributed by atoms with Crippen LogP contribution in [0.1, 0.15) is 49.3 Å². The molecule has 0 bridgehead atoms. The fourth-order valence-corrected chi connectivity index (χ4v) is 3.24. The minimum Gasteiger partial charge on any atom is -0.395 e. The van der Waals surface area contributed by atoms with E-state index >= 15 is 0 Å². The SMILES string of the molecule is CCCCCCN1C(=O)C(c2ccc(C)c(C)c2)=C(N(C)CCO)C1=O. The predicted molar refractivity (Wildman–Crippen MR) is 103 cm³/mol. The first-order valence-electron chi connectivity index (χ1n) is 9.42. The van der Waals surface area contributed by atoms with E-state index in [9.17, 15) is 14.7 Å². The standard InChI is InChI=1S/C21H30N2O3/c1-5-6-7-8-11-23-20(25)18(17-10-9-15(2)16(3)14-17)19(21(23)26)22(4)12-13-24/h9-10,14,24H,5-8,11-13H2,1-4H3. The number of amides is 2. The number of hydrogen-bond donors (Lipinski definition) is 1. The second-order valence-corrected chi connectivity index (χ2v) is 6.99. The molecule has 0 aromatic heterocycles. The van der Waals surface area contributed by atoms with Crippen LogP contribution in [-0.4, -0.2) is 53.5 Å². The molecule has 2 amide bonds. The number of imide groups is 1. The Morgan fingerprint density at radius 2 is 1.77 bits per heavy atom. The summed E-state index contributed by atoms with van der Waals surface area (Å²) in [5, 5.41) is 9.28. The smallest absolute Gasteiger partial charge is 0.277 e. The van der Waals surface area contributed by atoms with Gasteiger partial charge in [0.1, 0.15) is 5.70 Å². The highest BCUT2D eigenvalue weighted by molar-refractivity contribution is 6.35. The zero-order valence-corrected chi connectivity index (χ0v) is 16.3. The van der Waals surface area contributed by atoms with Gasteiger partial charge in [-0.25, -0.2) is 0 Å². The topological polar surface area (TPSA) is 60.9 Å². The first-order chi connectivity index (χ1) is 12.4. The van der Waals surface area contributed by atoms with Crippen LogP contribution in [0, 0.1) is 13.8 Å². The van der Waals surface area contributed by atoms with Gasteiger partial charge in [-0.1, -0.05) is 44.4 Å². The molecular formula is C21H30N2O3. The van der Waals surface area contributed by atoms with E-state index < -0.39 is 0 Å². The number of nitrogens with zero attached hydrogens (tertiary/aromatic N) is 2. The number of aliphatic hydroxyl groups excluding tert-OH is 1. The Morgan fingerprint density at radius 3 is 2.38 bits per heavy atom. The van der Waals surface area contributed by atoms with Crippen LogP contribution in [0.4, 0.5) is 0 Å². The highest BCUT2D eigenvalue weighted by Crippen LogP contribution is 2.32. The van der Waals surface area contributed by atoms with Crippen LogP contribution in [-0.2, 0) is 9.59 Å². The average Bonchev–Trinajstić information content (AvgIpc) is 2.85. The van der Waals surface area contributed by atoms with Crippen LogP contribution in [0.2, 0.25) is 0 Å². The van der Waals surface area contributed by atoms with E-state index in [-0.39, 0.29) is 18.4 Å². The molecule has 1 aromatic carbocycles. The van der Waals surface area contributed by atoms with Gasteiger partial charge < -0.3 is 10.0 Å². The van der Waals surface area contributed by atoms with Crippen molar-refractivity contribution in [3.63, 3.8) is 0 Å². The molecule has 1 aliphatic rings. The van der Waals surface area contributed by atoms with E-state index in [1.54, 1.807) is 11.9 Å². The second-order valence-electron chi connectivity index (χ2n) is 6.99. The largest absolute Gasteiger partial charge is 0.395 e. The van der Waals surface area contributed by atoms with E-state index in [1.165, 1.54) is 4.90 Å². The third-order valence-corrected chi connectivity index (χ3v) is 4.99. The Labute approximate surface area is 156 Å². The summed E-state index contributed by atoms with van der Waals surface area (Å²) >= 11 is 0. The minimum absolute atomic E-state index is 0.0713. The van der Waals surface area contributed by atoms with Gasteiger partial charge >= 0.3 is 0 Å². The van der Waals surface area contributed by atoms with Crippen molar-refractivity contribution in [2.75, 3.05) is 26.7 Å². The van der Waals surface area contributed by atoms with E-state index in [2.05, 4.69) is 6.92 Å². The predicted octanol–water partition coefficient (Wildman–Crippen LogP) is 2.89. The average molecular weight is 358 g/mol. The molecule has 26 heavy (non-hydrogen) atoms. The fraction of sp³-hybridized carbons (Fsp3) is 0.524. The van der Waals surface area contributed by atoms with Gasteiger partial charge in [0.15, 0.2) is 0 Å². The molecule has 1 heterocycles. The van der Waals surface area contributed by atoms with Gasteiger partial charge in [0.05, 0.1) is 12.2 Å². The molecule has 0 radical (unpaired) electrons. The summed E-state index contributed by atoms with van der Waals surface area (Å²) in [6, 6.07) is 5.84. The van der Waals surface area contributed by atoms with Crippen molar-refractivity contribution in [1.82, 2.24) is 9.80 Å². The number of benzene rings is 1. The van der Waals surface area contributed by atoms with Crippen molar-refractivity contribution in [3.05, 3.63) is 40.6 Å².